The predicted octanol–water partition coefficient (Wildman–Crippen LogP) is 2.36. The second-order valence-corrected chi connectivity index (χ2v) is 4.55. The maximum absolute atomic E-state index is 6.19. The highest BCUT2D eigenvalue weighted by Crippen LogP contribution is 2.26. The SMILES string of the molecule is Cn1ccc(CC(CN)c2ccccc2Cl)n1. The van der Waals surface area contributed by atoms with Gasteiger partial charge in [0.05, 0.1) is 5.69 Å². The van der Waals surface area contributed by atoms with E-state index in [0.717, 1.165) is 22.7 Å². The van der Waals surface area contributed by atoms with Crippen molar-refractivity contribution in [2.24, 2.45) is 12.8 Å². The number of nitrogens with two attached hydrogens (primary N) is 1. The van der Waals surface area contributed by atoms with Crippen LogP contribution in [0.1, 0.15) is 17.2 Å². The van der Waals surface area contributed by atoms with Gasteiger partial charge in [-0.1, -0.05) is 29.8 Å². The van der Waals surface area contributed by atoms with Crippen LogP contribution in [0.5, 0.6) is 0 Å². The molecule has 1 aromatic carbocycles. The van der Waals surface area contributed by atoms with Gasteiger partial charge in [0.25, 0.3) is 0 Å². The number of halogens is 1. The van der Waals surface area contributed by atoms with Gasteiger partial charge in [-0.25, -0.2) is 0 Å². The van der Waals surface area contributed by atoms with Gasteiger partial charge in [0.15, 0.2) is 0 Å². The first-order valence-corrected chi connectivity index (χ1v) is 6.01. The fourth-order valence-corrected chi connectivity index (χ4v) is 2.24. The van der Waals surface area contributed by atoms with Gasteiger partial charge in [-0.15, -0.1) is 0 Å². The first-order chi connectivity index (χ1) is 8.20. The zero-order chi connectivity index (χ0) is 12.3. The van der Waals surface area contributed by atoms with E-state index in [1.807, 2.05) is 43.6 Å². The Labute approximate surface area is 106 Å². The smallest absolute Gasteiger partial charge is 0.0631 e. The Hall–Kier alpha value is -1.32. The van der Waals surface area contributed by atoms with Gasteiger partial charge in [-0.3, -0.25) is 4.68 Å². The van der Waals surface area contributed by atoms with E-state index in [1.54, 1.807) is 4.68 Å². The molecule has 0 amide bonds. The maximum Gasteiger partial charge on any atom is 0.0631 e. The van der Waals surface area contributed by atoms with Crippen molar-refractivity contribution in [1.82, 2.24) is 9.78 Å². The number of aromatic nitrogens is 2. The summed E-state index contributed by atoms with van der Waals surface area (Å²) in [4.78, 5) is 0. The van der Waals surface area contributed by atoms with E-state index >= 15 is 0 Å². The summed E-state index contributed by atoms with van der Waals surface area (Å²) in [5, 5.41) is 5.15. The minimum absolute atomic E-state index is 0.221. The Kier molecular flexibility index (Phi) is 3.82. The van der Waals surface area contributed by atoms with Crippen molar-refractivity contribution >= 4 is 11.6 Å². The molecule has 2 rings (SSSR count). The lowest BCUT2D eigenvalue weighted by atomic mass is 9.94. The zero-order valence-electron chi connectivity index (χ0n) is 9.81. The van der Waals surface area contributed by atoms with E-state index in [9.17, 15) is 0 Å². The second-order valence-electron chi connectivity index (χ2n) is 4.14. The van der Waals surface area contributed by atoms with Gasteiger partial charge in [0.2, 0.25) is 0 Å². The molecule has 0 saturated heterocycles. The molecular weight excluding hydrogens is 234 g/mol. The molecule has 1 heterocycles. The molecule has 4 heteroatoms. The molecule has 2 N–H and O–H groups in total. The lowest BCUT2D eigenvalue weighted by molar-refractivity contribution is 0.660. The highest BCUT2D eigenvalue weighted by Gasteiger charge is 2.14. The van der Waals surface area contributed by atoms with Crippen LogP contribution < -0.4 is 5.73 Å². The van der Waals surface area contributed by atoms with E-state index < -0.39 is 0 Å². The molecule has 0 aliphatic rings. The molecule has 0 fully saturated rings. The van der Waals surface area contributed by atoms with E-state index in [4.69, 9.17) is 17.3 Å². The fraction of sp³-hybridized carbons (Fsp3) is 0.308. The van der Waals surface area contributed by atoms with Crippen molar-refractivity contribution < 1.29 is 0 Å². The Bertz CT molecular complexity index is 493. The molecule has 1 aromatic heterocycles. The predicted molar refractivity (Wildman–Crippen MR) is 70.2 cm³/mol. The highest BCUT2D eigenvalue weighted by atomic mass is 35.5. The van der Waals surface area contributed by atoms with Gasteiger partial charge in [-0.05, 0) is 30.7 Å². The van der Waals surface area contributed by atoms with Crippen LogP contribution in [0.2, 0.25) is 5.02 Å². The van der Waals surface area contributed by atoms with Crippen molar-refractivity contribution in [2.45, 2.75) is 12.3 Å². The van der Waals surface area contributed by atoms with Crippen LogP contribution in [0.15, 0.2) is 36.5 Å². The number of hydrogen-bond acceptors (Lipinski definition) is 2. The van der Waals surface area contributed by atoms with Crippen LogP contribution in [0.3, 0.4) is 0 Å². The van der Waals surface area contributed by atoms with Gasteiger partial charge in [-0.2, -0.15) is 5.10 Å². The van der Waals surface area contributed by atoms with Crippen LogP contribution in [-0.4, -0.2) is 16.3 Å². The Balaban J connectivity index is 2.20. The maximum atomic E-state index is 6.19. The molecular formula is C13H16ClN3. The molecule has 1 atom stereocenters. The van der Waals surface area contributed by atoms with Crippen molar-refractivity contribution in [3.8, 4) is 0 Å². The van der Waals surface area contributed by atoms with Crippen LogP contribution >= 0.6 is 11.6 Å². The normalized spacial score (nSPS) is 12.6. The average molecular weight is 250 g/mol. The minimum atomic E-state index is 0.221. The molecule has 1 unspecified atom stereocenters. The molecule has 0 radical (unpaired) electrons. The number of benzene rings is 1. The summed E-state index contributed by atoms with van der Waals surface area (Å²) in [7, 11) is 1.91. The molecule has 0 spiro atoms. The van der Waals surface area contributed by atoms with Crippen molar-refractivity contribution in [2.75, 3.05) is 6.54 Å². The second kappa shape index (κ2) is 5.34. The summed E-state index contributed by atoms with van der Waals surface area (Å²) < 4.78 is 1.80. The summed E-state index contributed by atoms with van der Waals surface area (Å²) in [6.07, 6.45) is 2.76. The van der Waals surface area contributed by atoms with Crippen molar-refractivity contribution in [3.05, 3.63) is 52.8 Å². The molecule has 0 aliphatic carbocycles. The highest BCUT2D eigenvalue weighted by molar-refractivity contribution is 6.31. The standard InChI is InChI=1S/C13H16ClN3/c1-17-7-6-11(16-17)8-10(9-15)12-4-2-3-5-13(12)14/h2-7,10H,8-9,15H2,1H3. The van der Waals surface area contributed by atoms with E-state index in [2.05, 4.69) is 5.10 Å². The first kappa shape index (κ1) is 12.1. The minimum Gasteiger partial charge on any atom is -0.330 e. The van der Waals surface area contributed by atoms with Gasteiger partial charge in [0, 0.05) is 24.2 Å². The lowest BCUT2D eigenvalue weighted by Gasteiger charge is -2.15. The third kappa shape index (κ3) is 2.87. The van der Waals surface area contributed by atoms with E-state index in [0.29, 0.717) is 6.54 Å². The Morgan fingerprint density at radius 2 is 2.12 bits per heavy atom. The Morgan fingerprint density at radius 1 is 1.35 bits per heavy atom. The number of nitrogens with zero attached hydrogens (tertiary/aromatic N) is 2. The largest absolute Gasteiger partial charge is 0.330 e. The Morgan fingerprint density at radius 3 is 2.71 bits per heavy atom. The van der Waals surface area contributed by atoms with Crippen LogP contribution in [0.4, 0.5) is 0 Å². The van der Waals surface area contributed by atoms with Gasteiger partial charge in [0.1, 0.15) is 0 Å². The number of rotatable bonds is 4. The van der Waals surface area contributed by atoms with Crippen LogP contribution in [0, 0.1) is 0 Å². The molecule has 90 valence electrons. The number of hydrogen-bond donors (Lipinski definition) is 1. The number of aryl methyl sites for hydroxylation is 1. The monoisotopic (exact) mass is 249 g/mol. The quantitative estimate of drug-likeness (QED) is 0.904. The molecule has 0 aliphatic heterocycles. The summed E-state index contributed by atoms with van der Waals surface area (Å²) >= 11 is 6.19. The van der Waals surface area contributed by atoms with Crippen LogP contribution in [0.25, 0.3) is 0 Å². The summed E-state index contributed by atoms with van der Waals surface area (Å²) in [6, 6.07) is 9.86. The summed E-state index contributed by atoms with van der Waals surface area (Å²) in [5.74, 6) is 0.221. The third-order valence-electron chi connectivity index (χ3n) is 2.85. The molecule has 3 nitrogen and oxygen atoms in total. The first-order valence-electron chi connectivity index (χ1n) is 5.63. The average Bonchev–Trinajstić information content (AvgIpc) is 2.73. The molecule has 0 saturated carbocycles. The summed E-state index contributed by atoms with van der Waals surface area (Å²) in [6.45, 7) is 0.570. The topological polar surface area (TPSA) is 43.8 Å². The summed E-state index contributed by atoms with van der Waals surface area (Å²) in [5.41, 5.74) is 7.98. The van der Waals surface area contributed by atoms with Gasteiger partial charge >= 0.3 is 0 Å². The molecule has 2 aromatic rings. The lowest BCUT2D eigenvalue weighted by Crippen LogP contribution is -2.15. The van der Waals surface area contributed by atoms with Gasteiger partial charge < -0.3 is 5.73 Å². The fourth-order valence-electron chi connectivity index (χ4n) is 1.95. The van der Waals surface area contributed by atoms with Crippen LogP contribution in [-0.2, 0) is 13.5 Å². The van der Waals surface area contributed by atoms with Crippen molar-refractivity contribution in [3.63, 3.8) is 0 Å². The molecule has 0 bridgehead atoms. The third-order valence-corrected chi connectivity index (χ3v) is 3.20. The molecule has 17 heavy (non-hydrogen) atoms. The van der Waals surface area contributed by atoms with E-state index in [1.165, 1.54) is 0 Å². The van der Waals surface area contributed by atoms with Crippen molar-refractivity contribution in [1.29, 1.82) is 0 Å². The van der Waals surface area contributed by atoms with E-state index in [-0.39, 0.29) is 5.92 Å². The zero-order valence-corrected chi connectivity index (χ0v) is 10.6.